The van der Waals surface area contributed by atoms with Crippen LogP contribution in [0.15, 0.2) is 6.20 Å². The number of nitrogens with one attached hydrogen (secondary N) is 1. The van der Waals surface area contributed by atoms with Crippen LogP contribution in [0.5, 0.6) is 0 Å². The van der Waals surface area contributed by atoms with Crippen LogP contribution in [-0.4, -0.2) is 21.1 Å². The van der Waals surface area contributed by atoms with Crippen molar-refractivity contribution in [2.24, 2.45) is 5.92 Å². The van der Waals surface area contributed by atoms with Gasteiger partial charge in [0, 0.05) is 18.4 Å². The number of aromatic nitrogens is 2. The molecule has 15 heavy (non-hydrogen) atoms. The van der Waals surface area contributed by atoms with E-state index in [4.69, 9.17) is 12.2 Å². The minimum atomic E-state index is 0.832. The summed E-state index contributed by atoms with van der Waals surface area (Å²) < 4.78 is 3.18. The number of rotatable bonds is 3. The van der Waals surface area contributed by atoms with Crippen LogP contribution in [0.2, 0.25) is 0 Å². The molecule has 84 valence electrons. The van der Waals surface area contributed by atoms with E-state index in [1.54, 1.807) is 0 Å². The molecule has 0 aliphatic carbocycles. The molecule has 0 saturated carbocycles. The average Bonchev–Trinajstić information content (AvgIpc) is 2.62. The molecule has 2 heterocycles. The van der Waals surface area contributed by atoms with Gasteiger partial charge in [0.1, 0.15) is 0 Å². The quantitative estimate of drug-likeness (QED) is 0.821. The lowest BCUT2D eigenvalue weighted by Gasteiger charge is -2.22. The second-order valence-electron chi connectivity index (χ2n) is 4.11. The van der Waals surface area contributed by atoms with E-state index in [9.17, 15) is 0 Å². The predicted octanol–water partition coefficient (Wildman–Crippen LogP) is 3.25. The topological polar surface area (TPSA) is 20.7 Å². The number of imidazole rings is 1. The fourth-order valence-corrected chi connectivity index (χ4v) is 3.57. The Balaban J connectivity index is 2.08. The molecule has 1 aromatic heterocycles. The van der Waals surface area contributed by atoms with Gasteiger partial charge in [0.05, 0.1) is 0 Å². The van der Waals surface area contributed by atoms with Gasteiger partial charge in [-0.1, -0.05) is 6.92 Å². The van der Waals surface area contributed by atoms with Gasteiger partial charge in [0.15, 0.2) is 4.77 Å². The zero-order valence-electron chi connectivity index (χ0n) is 9.16. The maximum absolute atomic E-state index is 5.31. The number of aromatic amines is 1. The minimum Gasteiger partial charge on any atom is -0.337 e. The Kier molecular flexibility index (Phi) is 3.92. The molecule has 1 N–H and O–H groups in total. The molecule has 1 saturated heterocycles. The van der Waals surface area contributed by atoms with E-state index in [1.807, 2.05) is 0 Å². The first kappa shape index (κ1) is 11.3. The molecule has 0 radical (unpaired) electrons. The van der Waals surface area contributed by atoms with Crippen molar-refractivity contribution in [3.63, 3.8) is 0 Å². The van der Waals surface area contributed by atoms with Crippen LogP contribution in [0.4, 0.5) is 0 Å². The first-order chi connectivity index (χ1) is 7.31. The molecule has 0 unspecified atom stereocenters. The molecule has 1 fully saturated rings. The molecule has 4 heteroatoms. The number of hydrogen-bond donors (Lipinski definition) is 1. The van der Waals surface area contributed by atoms with Gasteiger partial charge in [-0.25, -0.2) is 0 Å². The van der Waals surface area contributed by atoms with Crippen molar-refractivity contribution in [3.05, 3.63) is 16.7 Å². The van der Waals surface area contributed by atoms with Crippen molar-refractivity contribution in [2.75, 3.05) is 11.5 Å². The van der Waals surface area contributed by atoms with Crippen molar-refractivity contribution in [3.8, 4) is 0 Å². The Hall–Kier alpha value is -0.220. The predicted molar refractivity (Wildman–Crippen MR) is 69.0 cm³/mol. The Morgan fingerprint density at radius 1 is 1.53 bits per heavy atom. The fraction of sp³-hybridized carbons (Fsp3) is 0.727. The first-order valence-electron chi connectivity index (χ1n) is 5.66. The molecule has 2 rings (SSSR count). The lowest BCUT2D eigenvalue weighted by Crippen LogP contribution is -2.17. The standard InChI is InChI=1S/C11H18N2S2/c1-2-10-7-12-11(14)13(10)8-9-3-5-15-6-4-9/h7,9H,2-6,8H2,1H3,(H,12,14). The highest BCUT2D eigenvalue weighted by molar-refractivity contribution is 7.99. The van der Waals surface area contributed by atoms with Crippen molar-refractivity contribution < 1.29 is 0 Å². The lowest BCUT2D eigenvalue weighted by atomic mass is 10.0. The van der Waals surface area contributed by atoms with Crippen LogP contribution in [0.25, 0.3) is 0 Å². The average molecular weight is 242 g/mol. The molecule has 2 nitrogen and oxygen atoms in total. The maximum atomic E-state index is 5.31. The van der Waals surface area contributed by atoms with Gasteiger partial charge in [0.25, 0.3) is 0 Å². The van der Waals surface area contributed by atoms with E-state index >= 15 is 0 Å². The van der Waals surface area contributed by atoms with Crippen LogP contribution in [0.1, 0.15) is 25.5 Å². The number of hydrogen-bond acceptors (Lipinski definition) is 2. The molecule has 1 aliphatic rings. The van der Waals surface area contributed by atoms with Gasteiger partial charge in [-0.15, -0.1) is 0 Å². The highest BCUT2D eigenvalue weighted by Gasteiger charge is 2.15. The maximum Gasteiger partial charge on any atom is 0.177 e. The largest absolute Gasteiger partial charge is 0.337 e. The van der Waals surface area contributed by atoms with E-state index < -0.39 is 0 Å². The minimum absolute atomic E-state index is 0.832. The summed E-state index contributed by atoms with van der Waals surface area (Å²) in [6.07, 6.45) is 5.82. The Morgan fingerprint density at radius 3 is 2.93 bits per heavy atom. The van der Waals surface area contributed by atoms with Crippen LogP contribution in [0.3, 0.4) is 0 Å². The summed E-state index contributed by atoms with van der Waals surface area (Å²) in [6, 6.07) is 0. The highest BCUT2D eigenvalue weighted by atomic mass is 32.2. The van der Waals surface area contributed by atoms with E-state index in [-0.39, 0.29) is 0 Å². The van der Waals surface area contributed by atoms with Gasteiger partial charge in [0.2, 0.25) is 0 Å². The Morgan fingerprint density at radius 2 is 2.27 bits per heavy atom. The third kappa shape index (κ3) is 2.67. The summed E-state index contributed by atoms with van der Waals surface area (Å²) in [4.78, 5) is 3.15. The third-order valence-electron chi connectivity index (χ3n) is 3.10. The van der Waals surface area contributed by atoms with Gasteiger partial charge in [-0.2, -0.15) is 11.8 Å². The van der Waals surface area contributed by atoms with Crippen LogP contribution >= 0.6 is 24.0 Å². The smallest absolute Gasteiger partial charge is 0.177 e. The lowest BCUT2D eigenvalue weighted by molar-refractivity contribution is 0.408. The van der Waals surface area contributed by atoms with Gasteiger partial charge in [-0.3, -0.25) is 0 Å². The molecular formula is C11H18N2S2. The summed E-state index contributed by atoms with van der Waals surface area (Å²) >= 11 is 7.39. The molecule has 0 spiro atoms. The van der Waals surface area contributed by atoms with Gasteiger partial charge in [-0.05, 0) is 48.9 Å². The normalized spacial score (nSPS) is 18.2. The van der Waals surface area contributed by atoms with E-state index in [0.29, 0.717) is 0 Å². The van der Waals surface area contributed by atoms with Gasteiger partial charge >= 0.3 is 0 Å². The Bertz CT molecular complexity index is 361. The highest BCUT2D eigenvalue weighted by Crippen LogP contribution is 2.24. The summed E-state index contributed by atoms with van der Waals surface area (Å²) in [5.74, 6) is 3.48. The zero-order chi connectivity index (χ0) is 10.7. The van der Waals surface area contributed by atoms with E-state index in [0.717, 1.165) is 23.7 Å². The number of thioether (sulfide) groups is 1. The van der Waals surface area contributed by atoms with E-state index in [2.05, 4.69) is 34.4 Å². The number of aryl methyl sites for hydroxylation is 1. The second kappa shape index (κ2) is 5.21. The number of nitrogens with zero attached hydrogens (tertiary/aromatic N) is 1. The van der Waals surface area contributed by atoms with Gasteiger partial charge < -0.3 is 9.55 Å². The summed E-state index contributed by atoms with van der Waals surface area (Å²) in [5, 5.41) is 0. The third-order valence-corrected chi connectivity index (χ3v) is 4.48. The van der Waals surface area contributed by atoms with Crippen LogP contribution in [-0.2, 0) is 13.0 Å². The summed E-state index contributed by atoms with van der Waals surface area (Å²) in [6.45, 7) is 3.30. The second-order valence-corrected chi connectivity index (χ2v) is 5.72. The van der Waals surface area contributed by atoms with Crippen LogP contribution < -0.4 is 0 Å². The molecule has 1 aliphatic heterocycles. The monoisotopic (exact) mass is 242 g/mol. The molecule has 0 aromatic carbocycles. The first-order valence-corrected chi connectivity index (χ1v) is 7.22. The van der Waals surface area contributed by atoms with Crippen molar-refractivity contribution >= 4 is 24.0 Å². The van der Waals surface area contributed by atoms with Crippen LogP contribution in [0, 0.1) is 10.7 Å². The SMILES string of the molecule is CCc1c[nH]c(=S)n1CC1CCSCC1. The molecule has 0 atom stereocenters. The van der Waals surface area contributed by atoms with E-state index in [1.165, 1.54) is 30.0 Å². The van der Waals surface area contributed by atoms with Crippen molar-refractivity contribution in [1.82, 2.24) is 9.55 Å². The zero-order valence-corrected chi connectivity index (χ0v) is 10.8. The molecule has 0 amide bonds. The molecule has 1 aromatic rings. The van der Waals surface area contributed by atoms with Crippen molar-refractivity contribution in [2.45, 2.75) is 32.7 Å². The number of H-pyrrole nitrogens is 1. The molecular weight excluding hydrogens is 224 g/mol. The van der Waals surface area contributed by atoms with Crippen molar-refractivity contribution in [1.29, 1.82) is 0 Å². The molecule has 0 bridgehead atoms. The summed E-state index contributed by atoms with van der Waals surface area (Å²) in [7, 11) is 0. The Labute approximate surface area is 100 Å². The fourth-order valence-electron chi connectivity index (χ4n) is 2.11. The summed E-state index contributed by atoms with van der Waals surface area (Å²) in [5.41, 5.74) is 1.35.